The summed E-state index contributed by atoms with van der Waals surface area (Å²) in [5.41, 5.74) is 2.27. The standard InChI is InChI=1S/C24H26Cl2N4O3S/c1-17-27-11-13-30(17)23-10-3-2-6-18(23)14-28-24(31)19-7-5-12-29(15-19)34(32,33)16-20-21(25)8-4-9-22(20)26/h2-4,6,8-11,13,19H,5,7,12,14-16H2,1H3,(H,28,31)/t19-/m0/s1. The Morgan fingerprint density at radius 1 is 1.15 bits per heavy atom. The lowest BCUT2D eigenvalue weighted by Crippen LogP contribution is -2.45. The summed E-state index contributed by atoms with van der Waals surface area (Å²) >= 11 is 12.4. The molecule has 0 spiro atoms. The van der Waals surface area contributed by atoms with Gasteiger partial charge >= 0.3 is 0 Å². The van der Waals surface area contributed by atoms with E-state index in [2.05, 4.69) is 10.3 Å². The minimum Gasteiger partial charge on any atom is -0.352 e. The Morgan fingerprint density at radius 3 is 2.59 bits per heavy atom. The molecule has 2 aromatic carbocycles. The van der Waals surface area contributed by atoms with Crippen LogP contribution in [0.15, 0.2) is 54.9 Å². The van der Waals surface area contributed by atoms with E-state index in [1.165, 1.54) is 4.31 Å². The monoisotopic (exact) mass is 520 g/mol. The van der Waals surface area contributed by atoms with E-state index < -0.39 is 15.9 Å². The molecule has 1 saturated heterocycles. The van der Waals surface area contributed by atoms with Crippen LogP contribution in [0.4, 0.5) is 0 Å². The van der Waals surface area contributed by atoms with E-state index in [-0.39, 0.29) is 18.2 Å². The minimum atomic E-state index is -3.68. The van der Waals surface area contributed by atoms with Gasteiger partial charge in [-0.2, -0.15) is 0 Å². The molecule has 1 N–H and O–H groups in total. The van der Waals surface area contributed by atoms with Crippen molar-refractivity contribution in [3.8, 4) is 5.69 Å². The lowest BCUT2D eigenvalue weighted by molar-refractivity contribution is -0.126. The lowest BCUT2D eigenvalue weighted by Gasteiger charge is -2.31. The number of carbonyl (C=O) groups excluding carboxylic acids is 1. The van der Waals surface area contributed by atoms with Crippen molar-refractivity contribution in [2.45, 2.75) is 32.1 Å². The van der Waals surface area contributed by atoms with Crippen LogP contribution in [-0.2, 0) is 27.1 Å². The number of para-hydroxylation sites is 1. The third kappa shape index (κ3) is 5.46. The summed E-state index contributed by atoms with van der Waals surface area (Å²) in [5, 5.41) is 3.62. The van der Waals surface area contributed by atoms with E-state index in [9.17, 15) is 13.2 Å². The molecule has 0 unspecified atom stereocenters. The minimum absolute atomic E-state index is 0.137. The predicted octanol–water partition coefficient (Wildman–Crippen LogP) is 4.35. The number of aromatic nitrogens is 2. The molecule has 0 aliphatic carbocycles. The van der Waals surface area contributed by atoms with Crippen LogP contribution < -0.4 is 5.32 Å². The number of piperidine rings is 1. The topological polar surface area (TPSA) is 84.3 Å². The molecule has 1 aliphatic rings. The van der Waals surface area contributed by atoms with Gasteiger partial charge in [0.1, 0.15) is 5.82 Å². The third-order valence-corrected chi connectivity index (χ3v) is 8.55. The zero-order valence-electron chi connectivity index (χ0n) is 18.7. The van der Waals surface area contributed by atoms with Crippen molar-refractivity contribution in [3.63, 3.8) is 0 Å². The van der Waals surface area contributed by atoms with Gasteiger partial charge in [-0.05, 0) is 43.5 Å². The highest BCUT2D eigenvalue weighted by atomic mass is 35.5. The van der Waals surface area contributed by atoms with Crippen molar-refractivity contribution < 1.29 is 13.2 Å². The lowest BCUT2D eigenvalue weighted by atomic mass is 9.98. The molecule has 1 fully saturated rings. The van der Waals surface area contributed by atoms with Gasteiger partial charge in [-0.1, -0.05) is 47.5 Å². The summed E-state index contributed by atoms with van der Waals surface area (Å²) in [7, 11) is -3.68. The molecule has 0 bridgehead atoms. The molecule has 0 radical (unpaired) electrons. The molecule has 34 heavy (non-hydrogen) atoms. The molecule has 7 nitrogen and oxygen atoms in total. The second-order valence-corrected chi connectivity index (χ2v) is 11.1. The van der Waals surface area contributed by atoms with Crippen LogP contribution in [-0.4, -0.2) is 41.3 Å². The summed E-state index contributed by atoms with van der Waals surface area (Å²) in [5.74, 6) is -0.0250. The SMILES string of the molecule is Cc1nccn1-c1ccccc1CNC(=O)[C@H]1CCCN(S(=O)(=O)Cc2c(Cl)cccc2Cl)C1. The maximum atomic E-state index is 13.1. The second-order valence-electron chi connectivity index (χ2n) is 8.34. The summed E-state index contributed by atoms with van der Waals surface area (Å²) in [4.78, 5) is 17.3. The number of aryl methyl sites for hydroxylation is 1. The fourth-order valence-corrected chi connectivity index (χ4v) is 6.57. The van der Waals surface area contributed by atoms with Gasteiger partial charge in [0.2, 0.25) is 15.9 Å². The summed E-state index contributed by atoms with van der Waals surface area (Å²) < 4.78 is 29.5. The zero-order valence-corrected chi connectivity index (χ0v) is 21.1. The van der Waals surface area contributed by atoms with Crippen LogP contribution in [0.2, 0.25) is 10.0 Å². The Morgan fingerprint density at radius 2 is 1.88 bits per heavy atom. The number of nitrogens with zero attached hydrogens (tertiary/aromatic N) is 3. The number of carbonyl (C=O) groups is 1. The van der Waals surface area contributed by atoms with Crippen molar-refractivity contribution in [2.75, 3.05) is 13.1 Å². The van der Waals surface area contributed by atoms with Crippen molar-refractivity contribution in [3.05, 3.63) is 81.9 Å². The molecule has 180 valence electrons. The van der Waals surface area contributed by atoms with E-state index in [4.69, 9.17) is 23.2 Å². The fraction of sp³-hybridized carbons (Fsp3) is 0.333. The van der Waals surface area contributed by atoms with E-state index in [0.29, 0.717) is 41.5 Å². The van der Waals surface area contributed by atoms with Crippen LogP contribution in [0.25, 0.3) is 5.69 Å². The molecule has 1 aromatic heterocycles. The highest BCUT2D eigenvalue weighted by Crippen LogP contribution is 2.29. The first-order valence-corrected chi connectivity index (χ1v) is 13.4. The smallest absolute Gasteiger partial charge is 0.224 e. The zero-order chi connectivity index (χ0) is 24.3. The van der Waals surface area contributed by atoms with Gasteiger partial charge in [0.15, 0.2) is 0 Å². The van der Waals surface area contributed by atoms with Crippen molar-refractivity contribution in [2.24, 2.45) is 5.92 Å². The first-order chi connectivity index (χ1) is 16.3. The van der Waals surface area contributed by atoms with E-state index in [1.807, 2.05) is 42.0 Å². The Hall–Kier alpha value is -2.39. The number of benzene rings is 2. The van der Waals surface area contributed by atoms with Gasteiger partial charge in [0, 0.05) is 47.6 Å². The Bertz CT molecular complexity index is 1270. The molecule has 0 saturated carbocycles. The summed E-state index contributed by atoms with van der Waals surface area (Å²) in [6, 6.07) is 12.7. The molecule has 4 rings (SSSR count). The molecule has 1 atom stereocenters. The number of hydrogen-bond donors (Lipinski definition) is 1. The number of sulfonamides is 1. The fourth-order valence-electron chi connectivity index (χ4n) is 4.21. The molecule has 10 heteroatoms. The molecular weight excluding hydrogens is 495 g/mol. The molecule has 1 aliphatic heterocycles. The van der Waals surface area contributed by atoms with Crippen LogP contribution in [0.5, 0.6) is 0 Å². The van der Waals surface area contributed by atoms with E-state index >= 15 is 0 Å². The van der Waals surface area contributed by atoms with Crippen LogP contribution >= 0.6 is 23.2 Å². The molecular formula is C24H26Cl2N4O3S. The third-order valence-electron chi connectivity index (χ3n) is 6.07. The molecule has 3 aromatic rings. The first kappa shape index (κ1) is 24.7. The van der Waals surface area contributed by atoms with Gasteiger partial charge in [-0.3, -0.25) is 4.79 Å². The number of halogens is 2. The second kappa shape index (κ2) is 10.5. The maximum Gasteiger partial charge on any atom is 0.224 e. The van der Waals surface area contributed by atoms with E-state index in [1.54, 1.807) is 24.4 Å². The number of nitrogens with one attached hydrogen (secondary N) is 1. The predicted molar refractivity (Wildman–Crippen MR) is 134 cm³/mol. The highest BCUT2D eigenvalue weighted by molar-refractivity contribution is 7.88. The quantitative estimate of drug-likeness (QED) is 0.501. The number of hydrogen-bond acceptors (Lipinski definition) is 4. The number of amides is 1. The van der Waals surface area contributed by atoms with Gasteiger partial charge in [0.25, 0.3) is 0 Å². The average molecular weight is 521 g/mol. The Labute approximate surface area is 209 Å². The molecule has 1 amide bonds. The normalized spacial score (nSPS) is 17.0. The average Bonchev–Trinajstić information content (AvgIpc) is 3.26. The Balaban J connectivity index is 1.42. The largest absolute Gasteiger partial charge is 0.352 e. The number of imidazole rings is 1. The van der Waals surface area contributed by atoms with Crippen molar-refractivity contribution in [1.29, 1.82) is 0 Å². The van der Waals surface area contributed by atoms with Crippen LogP contribution in [0, 0.1) is 12.8 Å². The van der Waals surface area contributed by atoms with Crippen molar-refractivity contribution >= 4 is 39.1 Å². The van der Waals surface area contributed by atoms with Gasteiger partial charge in [-0.25, -0.2) is 17.7 Å². The summed E-state index contributed by atoms with van der Waals surface area (Å²) in [6.45, 7) is 2.77. The Kier molecular flexibility index (Phi) is 7.62. The maximum absolute atomic E-state index is 13.1. The van der Waals surface area contributed by atoms with Gasteiger partial charge < -0.3 is 9.88 Å². The molecule has 2 heterocycles. The van der Waals surface area contributed by atoms with Crippen LogP contribution in [0.3, 0.4) is 0 Å². The highest BCUT2D eigenvalue weighted by Gasteiger charge is 2.33. The van der Waals surface area contributed by atoms with Gasteiger partial charge in [-0.15, -0.1) is 0 Å². The first-order valence-electron chi connectivity index (χ1n) is 11.0. The van der Waals surface area contributed by atoms with Crippen molar-refractivity contribution in [1.82, 2.24) is 19.2 Å². The van der Waals surface area contributed by atoms with Gasteiger partial charge in [0.05, 0.1) is 17.4 Å². The summed E-state index contributed by atoms with van der Waals surface area (Å²) in [6.07, 6.45) is 4.86. The number of rotatable bonds is 7. The van der Waals surface area contributed by atoms with E-state index in [0.717, 1.165) is 17.1 Å². The van der Waals surface area contributed by atoms with Crippen LogP contribution in [0.1, 0.15) is 29.8 Å².